The number of rotatable bonds is 6. The predicted octanol–water partition coefficient (Wildman–Crippen LogP) is 4.44. The van der Waals surface area contributed by atoms with Crippen molar-refractivity contribution in [3.63, 3.8) is 0 Å². The zero-order valence-corrected chi connectivity index (χ0v) is 16.1. The van der Waals surface area contributed by atoms with Gasteiger partial charge in [0.25, 0.3) is 0 Å². The minimum Gasteiger partial charge on any atom is -0.312 e. The van der Waals surface area contributed by atoms with Crippen molar-refractivity contribution in [2.24, 2.45) is 5.92 Å². The highest BCUT2D eigenvalue weighted by molar-refractivity contribution is 5.18. The van der Waals surface area contributed by atoms with Crippen molar-refractivity contribution in [2.75, 3.05) is 19.6 Å². The maximum Gasteiger partial charge on any atom is 0.123 e. The fourth-order valence-corrected chi connectivity index (χ4v) is 4.86. The van der Waals surface area contributed by atoms with Gasteiger partial charge in [-0.15, -0.1) is 0 Å². The molecule has 0 aliphatic carbocycles. The van der Waals surface area contributed by atoms with E-state index >= 15 is 0 Å². The monoisotopic (exact) mass is 366 g/mol. The molecular weight excluding hydrogens is 335 g/mol. The van der Waals surface area contributed by atoms with Crippen LogP contribution in [-0.2, 0) is 12.8 Å². The Morgan fingerprint density at radius 1 is 0.926 bits per heavy atom. The molecule has 2 fully saturated rings. The molecule has 2 aliphatic rings. The number of hydrogen-bond acceptors (Lipinski definition) is 2. The summed E-state index contributed by atoms with van der Waals surface area (Å²) in [6.07, 6.45) is 7.31. The van der Waals surface area contributed by atoms with E-state index in [2.05, 4.69) is 40.5 Å². The predicted molar refractivity (Wildman–Crippen MR) is 109 cm³/mol. The SMILES string of the molecule is Fc1ccc(CC2CCN(C(Cc3ccccc3)[C@@H]3CCCN3)CC2)cc1. The summed E-state index contributed by atoms with van der Waals surface area (Å²) >= 11 is 0. The Bertz CT molecular complexity index is 686. The molecular formula is C24H31FN2. The summed E-state index contributed by atoms with van der Waals surface area (Å²) in [5, 5.41) is 3.75. The van der Waals surface area contributed by atoms with Gasteiger partial charge in [-0.25, -0.2) is 4.39 Å². The van der Waals surface area contributed by atoms with Crippen molar-refractivity contribution in [3.05, 3.63) is 71.5 Å². The number of hydrogen-bond donors (Lipinski definition) is 1. The molecule has 2 atom stereocenters. The Labute approximate surface area is 162 Å². The molecule has 144 valence electrons. The van der Waals surface area contributed by atoms with E-state index < -0.39 is 0 Å². The third-order valence-corrected chi connectivity index (χ3v) is 6.41. The first-order chi connectivity index (χ1) is 13.3. The highest BCUT2D eigenvalue weighted by atomic mass is 19.1. The van der Waals surface area contributed by atoms with Gasteiger partial charge in [-0.1, -0.05) is 42.5 Å². The Morgan fingerprint density at radius 2 is 1.67 bits per heavy atom. The number of likely N-dealkylation sites (tertiary alicyclic amines) is 1. The average Bonchev–Trinajstić information content (AvgIpc) is 3.24. The quantitative estimate of drug-likeness (QED) is 0.813. The lowest BCUT2D eigenvalue weighted by Crippen LogP contribution is -2.51. The Kier molecular flexibility index (Phi) is 6.21. The second kappa shape index (κ2) is 8.99. The molecule has 2 aliphatic heterocycles. The summed E-state index contributed by atoms with van der Waals surface area (Å²) in [5.41, 5.74) is 2.72. The summed E-state index contributed by atoms with van der Waals surface area (Å²) in [5.74, 6) is 0.585. The number of nitrogens with one attached hydrogen (secondary N) is 1. The van der Waals surface area contributed by atoms with E-state index in [9.17, 15) is 4.39 Å². The second-order valence-electron chi connectivity index (χ2n) is 8.27. The van der Waals surface area contributed by atoms with E-state index in [1.54, 1.807) is 12.1 Å². The molecule has 1 unspecified atom stereocenters. The van der Waals surface area contributed by atoms with Gasteiger partial charge in [-0.3, -0.25) is 4.90 Å². The first kappa shape index (κ1) is 18.6. The molecule has 3 heteroatoms. The van der Waals surface area contributed by atoms with E-state index in [1.807, 2.05) is 12.1 Å². The maximum atomic E-state index is 13.1. The van der Waals surface area contributed by atoms with Gasteiger partial charge >= 0.3 is 0 Å². The van der Waals surface area contributed by atoms with E-state index in [0.29, 0.717) is 12.1 Å². The van der Waals surface area contributed by atoms with Crippen molar-refractivity contribution >= 4 is 0 Å². The highest BCUT2D eigenvalue weighted by Crippen LogP contribution is 2.27. The van der Waals surface area contributed by atoms with Crippen molar-refractivity contribution in [2.45, 2.75) is 50.6 Å². The molecule has 2 heterocycles. The molecule has 0 aromatic heterocycles. The van der Waals surface area contributed by atoms with E-state index in [0.717, 1.165) is 25.3 Å². The zero-order valence-electron chi connectivity index (χ0n) is 16.1. The van der Waals surface area contributed by atoms with Crippen LogP contribution in [0.15, 0.2) is 54.6 Å². The average molecular weight is 367 g/mol. The van der Waals surface area contributed by atoms with Gasteiger partial charge in [-0.05, 0) is 87.3 Å². The van der Waals surface area contributed by atoms with Crippen LogP contribution >= 0.6 is 0 Å². The lowest BCUT2D eigenvalue weighted by Gasteiger charge is -2.40. The molecule has 0 saturated carbocycles. The molecule has 0 bridgehead atoms. The van der Waals surface area contributed by atoms with Crippen LogP contribution in [0.25, 0.3) is 0 Å². The standard InChI is InChI=1S/C24H31FN2/c25-22-10-8-20(9-11-22)17-21-12-15-27(16-13-21)24(23-7-4-14-26-23)18-19-5-2-1-3-6-19/h1-3,5-6,8-11,21,23-24,26H,4,7,12-18H2/t23-,24?/m0/s1. The molecule has 2 nitrogen and oxygen atoms in total. The maximum absolute atomic E-state index is 13.1. The molecule has 27 heavy (non-hydrogen) atoms. The minimum absolute atomic E-state index is 0.138. The lowest BCUT2D eigenvalue weighted by atomic mass is 9.87. The first-order valence-electron chi connectivity index (χ1n) is 10.5. The summed E-state index contributed by atoms with van der Waals surface area (Å²) in [6, 6.07) is 19.2. The zero-order chi connectivity index (χ0) is 18.5. The first-order valence-corrected chi connectivity index (χ1v) is 10.5. The van der Waals surface area contributed by atoms with Crippen LogP contribution in [0.2, 0.25) is 0 Å². The number of piperidine rings is 1. The van der Waals surface area contributed by atoms with Crippen LogP contribution in [0.3, 0.4) is 0 Å². The van der Waals surface area contributed by atoms with Crippen LogP contribution in [-0.4, -0.2) is 36.6 Å². The van der Waals surface area contributed by atoms with Gasteiger partial charge < -0.3 is 5.32 Å². The van der Waals surface area contributed by atoms with Crippen molar-refractivity contribution in [1.82, 2.24) is 10.2 Å². The summed E-state index contributed by atoms with van der Waals surface area (Å²) in [6.45, 7) is 3.53. The van der Waals surface area contributed by atoms with Gasteiger partial charge in [-0.2, -0.15) is 0 Å². The Hall–Kier alpha value is -1.71. The lowest BCUT2D eigenvalue weighted by molar-refractivity contribution is 0.110. The van der Waals surface area contributed by atoms with Crippen LogP contribution in [0, 0.1) is 11.7 Å². The summed E-state index contributed by atoms with van der Waals surface area (Å²) < 4.78 is 13.1. The molecule has 0 radical (unpaired) electrons. The van der Waals surface area contributed by atoms with Crippen LogP contribution in [0.1, 0.15) is 36.8 Å². The largest absolute Gasteiger partial charge is 0.312 e. The van der Waals surface area contributed by atoms with Gasteiger partial charge in [0.1, 0.15) is 5.82 Å². The number of benzene rings is 2. The molecule has 1 N–H and O–H groups in total. The Balaban J connectivity index is 1.36. The van der Waals surface area contributed by atoms with E-state index in [1.165, 1.54) is 49.9 Å². The van der Waals surface area contributed by atoms with Gasteiger partial charge in [0, 0.05) is 12.1 Å². The van der Waals surface area contributed by atoms with Gasteiger partial charge in [0.05, 0.1) is 0 Å². The number of nitrogens with zero attached hydrogens (tertiary/aromatic N) is 1. The van der Waals surface area contributed by atoms with E-state index in [-0.39, 0.29) is 5.82 Å². The van der Waals surface area contributed by atoms with Crippen LogP contribution in [0.4, 0.5) is 4.39 Å². The second-order valence-corrected chi connectivity index (χ2v) is 8.27. The third kappa shape index (κ3) is 4.97. The third-order valence-electron chi connectivity index (χ3n) is 6.41. The molecule has 2 saturated heterocycles. The van der Waals surface area contributed by atoms with Crippen molar-refractivity contribution in [3.8, 4) is 0 Å². The fourth-order valence-electron chi connectivity index (χ4n) is 4.86. The normalized spacial score (nSPS) is 22.8. The molecule has 0 spiro atoms. The molecule has 2 aromatic rings. The highest BCUT2D eigenvalue weighted by Gasteiger charge is 2.32. The van der Waals surface area contributed by atoms with Gasteiger partial charge in [0.15, 0.2) is 0 Å². The minimum atomic E-state index is -0.138. The Morgan fingerprint density at radius 3 is 2.33 bits per heavy atom. The summed E-state index contributed by atoms with van der Waals surface area (Å²) in [7, 11) is 0. The topological polar surface area (TPSA) is 15.3 Å². The van der Waals surface area contributed by atoms with Gasteiger partial charge in [0.2, 0.25) is 0 Å². The van der Waals surface area contributed by atoms with Crippen LogP contribution in [0.5, 0.6) is 0 Å². The molecule has 4 rings (SSSR count). The van der Waals surface area contributed by atoms with Crippen molar-refractivity contribution < 1.29 is 4.39 Å². The van der Waals surface area contributed by atoms with Crippen LogP contribution < -0.4 is 5.32 Å². The molecule has 0 amide bonds. The van der Waals surface area contributed by atoms with Crippen molar-refractivity contribution in [1.29, 1.82) is 0 Å². The fraction of sp³-hybridized carbons (Fsp3) is 0.500. The summed E-state index contributed by atoms with van der Waals surface area (Å²) in [4.78, 5) is 2.73. The smallest absolute Gasteiger partial charge is 0.123 e. The number of halogens is 1. The van der Waals surface area contributed by atoms with E-state index in [4.69, 9.17) is 0 Å². The molecule has 2 aromatic carbocycles.